The summed E-state index contributed by atoms with van der Waals surface area (Å²) in [5.41, 5.74) is 2.12. The third kappa shape index (κ3) is 4.01. The van der Waals surface area contributed by atoms with E-state index in [4.69, 9.17) is 11.6 Å². The van der Waals surface area contributed by atoms with Crippen molar-refractivity contribution in [1.82, 2.24) is 0 Å². The summed E-state index contributed by atoms with van der Waals surface area (Å²) in [5, 5.41) is 0.755. The number of hydrogen-bond donors (Lipinski definition) is 0. The molecular weight excluding hydrogens is 278 g/mol. The molecule has 0 radical (unpaired) electrons. The maximum atomic E-state index is 10.6. The highest BCUT2D eigenvalue weighted by molar-refractivity contribution is 7.98. The Bertz CT molecular complexity index is 539. The maximum absolute atomic E-state index is 10.6. The highest BCUT2D eigenvalue weighted by Gasteiger charge is 2.00. The van der Waals surface area contributed by atoms with Gasteiger partial charge in [-0.05, 0) is 42.0 Å². The van der Waals surface area contributed by atoms with Crippen molar-refractivity contribution in [2.75, 3.05) is 11.9 Å². The molecule has 2 aromatic carbocycles. The Morgan fingerprint density at radius 1 is 1.11 bits per heavy atom. The van der Waals surface area contributed by atoms with Gasteiger partial charge in [0.05, 0.1) is 0 Å². The van der Waals surface area contributed by atoms with E-state index in [1.54, 1.807) is 23.7 Å². The van der Waals surface area contributed by atoms with Crippen molar-refractivity contribution >= 4 is 35.5 Å². The van der Waals surface area contributed by atoms with Crippen LogP contribution in [0.4, 0.5) is 5.69 Å². The van der Waals surface area contributed by atoms with Crippen molar-refractivity contribution in [3.05, 3.63) is 59.1 Å². The number of carbonyl (C=O) groups is 1. The lowest BCUT2D eigenvalue weighted by Crippen LogP contribution is -2.13. The van der Waals surface area contributed by atoms with Crippen molar-refractivity contribution in [2.45, 2.75) is 10.6 Å². The zero-order chi connectivity index (χ0) is 13.7. The van der Waals surface area contributed by atoms with Crippen LogP contribution in [-0.2, 0) is 10.5 Å². The second kappa shape index (κ2) is 6.64. The van der Waals surface area contributed by atoms with E-state index in [-0.39, 0.29) is 0 Å². The first-order valence-electron chi connectivity index (χ1n) is 5.84. The molecule has 0 atom stereocenters. The number of halogens is 1. The molecule has 0 fully saturated rings. The van der Waals surface area contributed by atoms with Crippen molar-refractivity contribution < 1.29 is 4.79 Å². The van der Waals surface area contributed by atoms with Gasteiger partial charge in [-0.25, -0.2) is 0 Å². The van der Waals surface area contributed by atoms with Gasteiger partial charge in [0, 0.05) is 28.4 Å². The summed E-state index contributed by atoms with van der Waals surface area (Å²) in [4.78, 5) is 13.4. The number of amides is 1. The standard InChI is InChI=1S/C15H14ClNOS/c1-17(11-18)14-6-2-12(3-7-14)10-19-15-8-4-13(16)5-9-15/h2-9,11H,10H2,1H3. The summed E-state index contributed by atoms with van der Waals surface area (Å²) in [6.45, 7) is 0. The average molecular weight is 292 g/mol. The second-order valence-electron chi connectivity index (χ2n) is 4.13. The van der Waals surface area contributed by atoms with E-state index >= 15 is 0 Å². The summed E-state index contributed by atoms with van der Waals surface area (Å²) >= 11 is 7.61. The molecule has 0 bridgehead atoms. The van der Waals surface area contributed by atoms with Crippen LogP contribution in [0.3, 0.4) is 0 Å². The molecule has 2 rings (SSSR count). The number of thioether (sulfide) groups is 1. The number of anilines is 1. The van der Waals surface area contributed by atoms with Gasteiger partial charge in [-0.1, -0.05) is 23.7 Å². The Balaban J connectivity index is 1.96. The number of benzene rings is 2. The van der Waals surface area contributed by atoms with E-state index < -0.39 is 0 Å². The van der Waals surface area contributed by atoms with E-state index in [0.29, 0.717) is 0 Å². The van der Waals surface area contributed by atoms with Crippen molar-refractivity contribution in [3.63, 3.8) is 0 Å². The van der Waals surface area contributed by atoms with Gasteiger partial charge in [0.15, 0.2) is 0 Å². The quantitative estimate of drug-likeness (QED) is 0.607. The Hall–Kier alpha value is -1.45. The molecule has 19 heavy (non-hydrogen) atoms. The smallest absolute Gasteiger partial charge is 0.213 e. The van der Waals surface area contributed by atoms with Gasteiger partial charge >= 0.3 is 0 Å². The van der Waals surface area contributed by atoms with Crippen LogP contribution in [0.15, 0.2) is 53.4 Å². The van der Waals surface area contributed by atoms with Crippen molar-refractivity contribution in [2.24, 2.45) is 0 Å². The molecule has 0 N–H and O–H groups in total. The largest absolute Gasteiger partial charge is 0.318 e. The van der Waals surface area contributed by atoms with Crippen LogP contribution in [0.5, 0.6) is 0 Å². The van der Waals surface area contributed by atoms with E-state index in [9.17, 15) is 4.79 Å². The molecule has 0 aliphatic rings. The minimum absolute atomic E-state index is 0.755. The minimum atomic E-state index is 0.755. The first kappa shape index (κ1) is 14.0. The SMILES string of the molecule is CN(C=O)c1ccc(CSc2ccc(Cl)cc2)cc1. The van der Waals surface area contributed by atoms with Crippen LogP contribution in [-0.4, -0.2) is 13.5 Å². The Labute approximate surface area is 122 Å². The highest BCUT2D eigenvalue weighted by Crippen LogP contribution is 2.25. The first-order valence-corrected chi connectivity index (χ1v) is 7.21. The zero-order valence-corrected chi connectivity index (χ0v) is 12.1. The lowest BCUT2D eigenvalue weighted by molar-refractivity contribution is -0.107. The lowest BCUT2D eigenvalue weighted by atomic mass is 10.2. The monoisotopic (exact) mass is 291 g/mol. The Morgan fingerprint density at radius 2 is 1.74 bits per heavy atom. The molecule has 0 spiro atoms. The predicted molar refractivity (Wildman–Crippen MR) is 81.9 cm³/mol. The van der Waals surface area contributed by atoms with Gasteiger partial charge < -0.3 is 4.90 Å². The third-order valence-electron chi connectivity index (χ3n) is 2.72. The molecule has 1 amide bonds. The minimum Gasteiger partial charge on any atom is -0.318 e. The molecule has 2 nitrogen and oxygen atoms in total. The normalized spacial score (nSPS) is 10.2. The second-order valence-corrected chi connectivity index (χ2v) is 5.61. The van der Waals surface area contributed by atoms with E-state index in [1.807, 2.05) is 48.5 Å². The first-order chi connectivity index (χ1) is 9.19. The number of carbonyl (C=O) groups excluding carboxylic acids is 1. The van der Waals surface area contributed by atoms with Crippen LogP contribution < -0.4 is 4.90 Å². The number of rotatable bonds is 5. The Morgan fingerprint density at radius 3 is 2.32 bits per heavy atom. The van der Waals surface area contributed by atoms with Gasteiger partial charge in [-0.2, -0.15) is 0 Å². The molecule has 0 aliphatic carbocycles. The molecule has 0 saturated heterocycles. The number of nitrogens with zero attached hydrogens (tertiary/aromatic N) is 1. The van der Waals surface area contributed by atoms with Gasteiger partial charge in [0.1, 0.15) is 0 Å². The Kier molecular flexibility index (Phi) is 4.88. The predicted octanol–water partition coefficient (Wildman–Crippen LogP) is 4.22. The maximum Gasteiger partial charge on any atom is 0.213 e. The fraction of sp³-hybridized carbons (Fsp3) is 0.133. The van der Waals surface area contributed by atoms with Crippen LogP contribution in [0.25, 0.3) is 0 Å². The molecule has 98 valence electrons. The molecule has 0 aromatic heterocycles. The van der Waals surface area contributed by atoms with Gasteiger partial charge in [0.2, 0.25) is 6.41 Å². The van der Waals surface area contributed by atoms with Crippen LogP contribution in [0, 0.1) is 0 Å². The van der Waals surface area contributed by atoms with Crippen molar-refractivity contribution in [1.29, 1.82) is 0 Å². The summed E-state index contributed by atoms with van der Waals surface area (Å²) in [7, 11) is 1.74. The summed E-state index contributed by atoms with van der Waals surface area (Å²) in [6, 6.07) is 15.8. The van der Waals surface area contributed by atoms with E-state index in [0.717, 1.165) is 22.9 Å². The molecule has 0 aliphatic heterocycles. The molecule has 0 unspecified atom stereocenters. The molecular formula is C15H14ClNOS. The fourth-order valence-corrected chi connectivity index (χ4v) is 2.57. The van der Waals surface area contributed by atoms with E-state index in [2.05, 4.69) is 0 Å². The highest BCUT2D eigenvalue weighted by atomic mass is 35.5. The molecule has 0 saturated carbocycles. The lowest BCUT2D eigenvalue weighted by Gasteiger charge is -2.11. The topological polar surface area (TPSA) is 20.3 Å². The summed E-state index contributed by atoms with van der Waals surface area (Å²) in [6.07, 6.45) is 0.803. The summed E-state index contributed by atoms with van der Waals surface area (Å²) in [5.74, 6) is 0.896. The fourth-order valence-electron chi connectivity index (χ4n) is 1.59. The van der Waals surface area contributed by atoms with Crippen LogP contribution in [0.1, 0.15) is 5.56 Å². The van der Waals surface area contributed by atoms with E-state index in [1.165, 1.54) is 10.5 Å². The van der Waals surface area contributed by atoms with Crippen LogP contribution in [0.2, 0.25) is 5.02 Å². The average Bonchev–Trinajstić information content (AvgIpc) is 2.46. The van der Waals surface area contributed by atoms with Gasteiger partial charge in [-0.15, -0.1) is 11.8 Å². The van der Waals surface area contributed by atoms with Gasteiger partial charge in [-0.3, -0.25) is 4.79 Å². The third-order valence-corrected chi connectivity index (χ3v) is 4.06. The van der Waals surface area contributed by atoms with Crippen molar-refractivity contribution in [3.8, 4) is 0 Å². The number of hydrogen-bond acceptors (Lipinski definition) is 2. The summed E-state index contributed by atoms with van der Waals surface area (Å²) < 4.78 is 0. The molecule has 4 heteroatoms. The zero-order valence-electron chi connectivity index (χ0n) is 10.5. The van der Waals surface area contributed by atoms with Gasteiger partial charge in [0.25, 0.3) is 0 Å². The molecule has 2 aromatic rings. The molecule has 0 heterocycles. The van der Waals surface area contributed by atoms with Crippen LogP contribution >= 0.6 is 23.4 Å².